The number of nitrogens with zero attached hydrogens (tertiary/aromatic N) is 1. The Kier molecular flexibility index (Phi) is 4.47. The van der Waals surface area contributed by atoms with Gasteiger partial charge >= 0.3 is 0 Å². The van der Waals surface area contributed by atoms with E-state index in [1.807, 2.05) is 24.3 Å². The summed E-state index contributed by atoms with van der Waals surface area (Å²) < 4.78 is 16.8. The van der Waals surface area contributed by atoms with Gasteiger partial charge in [0.2, 0.25) is 7.37 Å². The second-order valence-corrected chi connectivity index (χ2v) is 6.93. The highest BCUT2D eigenvalue weighted by atomic mass is 31.2. The molecule has 0 saturated heterocycles. The molecule has 0 fully saturated rings. The fraction of sp³-hybridized carbons (Fsp3) is 0.188. The van der Waals surface area contributed by atoms with Crippen LogP contribution in [-0.4, -0.2) is 23.7 Å². The molecule has 0 aliphatic heterocycles. The van der Waals surface area contributed by atoms with Gasteiger partial charge in [0.05, 0.1) is 7.11 Å². The molecule has 0 bridgehead atoms. The molecule has 0 radical (unpaired) electrons. The predicted octanol–water partition coefficient (Wildman–Crippen LogP) is 2.32. The Hall–Kier alpha value is -2.08. The maximum absolute atomic E-state index is 11.7. The molecule has 2 aromatic rings. The van der Waals surface area contributed by atoms with E-state index in [-0.39, 0.29) is 5.44 Å². The van der Waals surface area contributed by atoms with Crippen LogP contribution in [0.2, 0.25) is 0 Å². The van der Waals surface area contributed by atoms with E-state index < -0.39 is 7.37 Å². The normalized spacial score (nSPS) is 13.0. The van der Waals surface area contributed by atoms with Gasteiger partial charge in [0, 0.05) is 23.5 Å². The summed E-state index contributed by atoms with van der Waals surface area (Å²) in [4.78, 5) is 13.7. The number of aromatic nitrogens is 1. The lowest BCUT2D eigenvalue weighted by atomic mass is 10.2. The molecule has 0 saturated carbocycles. The zero-order valence-electron chi connectivity index (χ0n) is 12.1. The van der Waals surface area contributed by atoms with E-state index in [9.17, 15) is 9.46 Å². The Balaban J connectivity index is 2.33. The third-order valence-electron chi connectivity index (χ3n) is 2.81. The molecule has 1 aromatic heterocycles. The molecule has 108 valence electrons. The van der Waals surface area contributed by atoms with Crippen LogP contribution in [0.1, 0.15) is 16.8 Å². The molecule has 4 nitrogen and oxygen atoms in total. The molecule has 1 heterocycles. The molecule has 1 aromatic carbocycles. The molecule has 1 atom stereocenters. The number of benzene rings is 1. The summed E-state index contributed by atoms with van der Waals surface area (Å²) in [6, 6.07) is 10.7. The number of hydrogen-bond donors (Lipinski definition) is 1. The summed E-state index contributed by atoms with van der Waals surface area (Å²) in [5, 5.41) is 0. The molecular formula is C16H16NO3P. The average molecular weight is 301 g/mol. The van der Waals surface area contributed by atoms with E-state index in [0.29, 0.717) is 11.3 Å². The molecule has 0 amide bonds. The van der Waals surface area contributed by atoms with Gasteiger partial charge in [-0.1, -0.05) is 11.8 Å². The first-order chi connectivity index (χ1) is 9.88. The maximum atomic E-state index is 11.7. The second-order valence-electron chi connectivity index (χ2n) is 4.71. The van der Waals surface area contributed by atoms with Crippen LogP contribution in [0.25, 0.3) is 0 Å². The van der Waals surface area contributed by atoms with E-state index in [0.717, 1.165) is 11.3 Å². The number of rotatable bonds is 2. The van der Waals surface area contributed by atoms with Crippen LogP contribution in [0, 0.1) is 18.8 Å². The van der Waals surface area contributed by atoms with Gasteiger partial charge in [0.15, 0.2) is 0 Å². The minimum absolute atomic E-state index is 0.182. The van der Waals surface area contributed by atoms with Gasteiger partial charge in [-0.05, 0) is 43.3 Å². The van der Waals surface area contributed by atoms with Crippen LogP contribution in [0.15, 0.2) is 36.4 Å². The molecule has 0 aliphatic rings. The Bertz CT molecular complexity index is 751. The molecule has 1 N–H and O–H groups in total. The molecule has 0 spiro atoms. The van der Waals surface area contributed by atoms with Crippen molar-refractivity contribution in [2.75, 3.05) is 13.8 Å². The SMILES string of the molecule is COc1ccc(C#Cc2cc(C)nc(P(C)(=O)O)c2)cc1. The minimum atomic E-state index is -3.37. The van der Waals surface area contributed by atoms with Gasteiger partial charge in [-0.15, -0.1) is 0 Å². The van der Waals surface area contributed by atoms with Gasteiger partial charge in [-0.3, -0.25) is 4.57 Å². The van der Waals surface area contributed by atoms with Gasteiger partial charge < -0.3 is 9.63 Å². The lowest BCUT2D eigenvalue weighted by Crippen LogP contribution is -2.10. The largest absolute Gasteiger partial charge is 0.497 e. The van der Waals surface area contributed by atoms with Crippen molar-refractivity contribution < 1.29 is 14.2 Å². The summed E-state index contributed by atoms with van der Waals surface area (Å²) in [6.45, 7) is 3.05. The average Bonchev–Trinajstić information content (AvgIpc) is 2.44. The van der Waals surface area contributed by atoms with Gasteiger partial charge in [0.1, 0.15) is 11.2 Å². The number of hydrogen-bond acceptors (Lipinski definition) is 3. The van der Waals surface area contributed by atoms with Crippen LogP contribution < -0.4 is 10.2 Å². The molecular weight excluding hydrogens is 285 g/mol. The zero-order valence-corrected chi connectivity index (χ0v) is 13.0. The summed E-state index contributed by atoms with van der Waals surface area (Å²) >= 11 is 0. The first-order valence-electron chi connectivity index (χ1n) is 6.34. The van der Waals surface area contributed by atoms with Gasteiger partial charge in [-0.25, -0.2) is 4.98 Å². The number of aryl methyl sites for hydroxylation is 1. The lowest BCUT2D eigenvalue weighted by Gasteiger charge is -2.06. The fourth-order valence-electron chi connectivity index (χ4n) is 1.75. The van der Waals surface area contributed by atoms with Gasteiger partial charge in [-0.2, -0.15) is 0 Å². The van der Waals surface area contributed by atoms with Crippen molar-refractivity contribution in [3.8, 4) is 17.6 Å². The van der Waals surface area contributed by atoms with Crippen molar-refractivity contribution in [3.63, 3.8) is 0 Å². The number of methoxy groups -OCH3 is 1. The summed E-state index contributed by atoms with van der Waals surface area (Å²) in [6.07, 6.45) is 0. The zero-order chi connectivity index (χ0) is 15.5. The van der Waals surface area contributed by atoms with Crippen LogP contribution in [0.3, 0.4) is 0 Å². The Morgan fingerprint density at radius 3 is 2.33 bits per heavy atom. The third-order valence-corrected chi connectivity index (χ3v) is 3.89. The van der Waals surface area contributed by atoms with Crippen molar-refractivity contribution in [2.45, 2.75) is 6.92 Å². The highest BCUT2D eigenvalue weighted by molar-refractivity contribution is 7.65. The first-order valence-corrected chi connectivity index (χ1v) is 8.45. The van der Waals surface area contributed by atoms with Gasteiger partial charge in [0.25, 0.3) is 0 Å². The Labute approximate surface area is 124 Å². The van der Waals surface area contributed by atoms with Crippen LogP contribution >= 0.6 is 7.37 Å². The van der Waals surface area contributed by atoms with E-state index >= 15 is 0 Å². The third kappa shape index (κ3) is 4.19. The van der Waals surface area contributed by atoms with E-state index in [2.05, 4.69) is 16.8 Å². The van der Waals surface area contributed by atoms with Crippen LogP contribution in [-0.2, 0) is 4.57 Å². The van der Waals surface area contributed by atoms with Crippen LogP contribution in [0.4, 0.5) is 0 Å². The lowest BCUT2D eigenvalue weighted by molar-refractivity contribution is 0.415. The predicted molar refractivity (Wildman–Crippen MR) is 83.3 cm³/mol. The minimum Gasteiger partial charge on any atom is -0.497 e. The van der Waals surface area contributed by atoms with E-state index in [1.165, 1.54) is 6.66 Å². The van der Waals surface area contributed by atoms with Crippen molar-refractivity contribution in [1.29, 1.82) is 0 Å². The second kappa shape index (κ2) is 6.13. The van der Waals surface area contributed by atoms with Crippen molar-refractivity contribution >= 4 is 12.8 Å². The Morgan fingerprint density at radius 2 is 1.76 bits per heavy atom. The van der Waals surface area contributed by atoms with Crippen molar-refractivity contribution in [2.24, 2.45) is 0 Å². The molecule has 21 heavy (non-hydrogen) atoms. The fourth-order valence-corrected chi connectivity index (χ4v) is 2.48. The van der Waals surface area contributed by atoms with E-state index in [1.54, 1.807) is 26.2 Å². The first kappa shape index (κ1) is 15.3. The smallest absolute Gasteiger partial charge is 0.244 e. The highest BCUT2D eigenvalue weighted by Crippen LogP contribution is 2.32. The number of pyridine rings is 1. The molecule has 5 heteroatoms. The molecule has 1 unspecified atom stereocenters. The molecule has 0 aliphatic carbocycles. The number of ether oxygens (including phenoxy) is 1. The van der Waals surface area contributed by atoms with E-state index in [4.69, 9.17) is 4.74 Å². The summed E-state index contributed by atoms with van der Waals surface area (Å²) in [5.41, 5.74) is 2.36. The monoisotopic (exact) mass is 301 g/mol. The van der Waals surface area contributed by atoms with Crippen molar-refractivity contribution in [3.05, 3.63) is 53.2 Å². The van der Waals surface area contributed by atoms with Crippen LogP contribution in [0.5, 0.6) is 5.75 Å². The Morgan fingerprint density at radius 1 is 1.14 bits per heavy atom. The highest BCUT2D eigenvalue weighted by Gasteiger charge is 2.16. The quantitative estimate of drug-likeness (QED) is 0.683. The standard InChI is InChI=1S/C16H16NO3P/c1-12-10-14(11-16(17-12)21(3,18)19)5-4-13-6-8-15(20-2)9-7-13/h6-11H,1-3H3,(H,18,19). The maximum Gasteiger partial charge on any atom is 0.244 e. The molecule has 2 rings (SSSR count). The topological polar surface area (TPSA) is 59.4 Å². The summed E-state index contributed by atoms with van der Waals surface area (Å²) in [7, 11) is -1.76. The summed E-state index contributed by atoms with van der Waals surface area (Å²) in [5.74, 6) is 6.78. The van der Waals surface area contributed by atoms with Crippen molar-refractivity contribution in [1.82, 2.24) is 4.98 Å².